The summed E-state index contributed by atoms with van der Waals surface area (Å²) >= 11 is -2.69. The van der Waals surface area contributed by atoms with Crippen LogP contribution in [0.5, 0.6) is 0 Å². The molecule has 127 valence electrons. The Labute approximate surface area is 124 Å². The van der Waals surface area contributed by atoms with E-state index in [1.54, 1.807) is 0 Å². The van der Waals surface area contributed by atoms with Crippen LogP contribution >= 0.6 is 0 Å². The molecule has 0 unspecified atom stereocenters. The summed E-state index contributed by atoms with van der Waals surface area (Å²) in [6.07, 6.45) is -6.77. The van der Waals surface area contributed by atoms with Crippen LogP contribution in [0.1, 0.15) is 0 Å². The Balaban J connectivity index is 3.07. The zero-order valence-electron chi connectivity index (χ0n) is 10.9. The Morgan fingerprint density at radius 2 is 1.23 bits per heavy atom. The number of alkyl halides is 9. The molecule has 0 saturated carbocycles. The Hall–Kier alpha value is -0.891. The molecule has 0 atom stereocenters. The molecule has 0 fully saturated rings. The summed E-state index contributed by atoms with van der Waals surface area (Å²) in [6, 6.07) is 7.04. The SMILES string of the molecule is C[Se](CC(F)(F)C(F)(F)C(F)(F)C(F)(F)F)c1ccccc1. The van der Waals surface area contributed by atoms with Crippen LogP contribution in [0.3, 0.4) is 0 Å². The second-order valence-electron chi connectivity index (χ2n) is 4.45. The molecule has 0 bridgehead atoms. The first kappa shape index (κ1) is 19.2. The molecule has 0 aliphatic rings. The third kappa shape index (κ3) is 3.37. The Kier molecular flexibility index (Phi) is 5.19. The number of rotatable bonds is 5. The molecule has 0 nitrogen and oxygen atoms in total. The molecule has 0 aliphatic carbocycles. The van der Waals surface area contributed by atoms with Crippen LogP contribution in [0.4, 0.5) is 39.5 Å². The average molecular weight is 404 g/mol. The minimum absolute atomic E-state index is 0.244. The van der Waals surface area contributed by atoms with E-state index in [0.717, 1.165) is 5.82 Å². The van der Waals surface area contributed by atoms with Crippen LogP contribution in [0.15, 0.2) is 30.3 Å². The normalized spacial score (nSPS) is 14.5. The monoisotopic (exact) mass is 405 g/mol. The predicted octanol–water partition coefficient (Wildman–Crippen LogP) is 4.49. The molecule has 0 spiro atoms. The Bertz CT molecular complexity index is 495. The first-order valence-electron chi connectivity index (χ1n) is 5.62. The van der Waals surface area contributed by atoms with E-state index in [1.165, 1.54) is 30.3 Å². The van der Waals surface area contributed by atoms with Gasteiger partial charge in [-0.25, -0.2) is 0 Å². The topological polar surface area (TPSA) is 0 Å². The van der Waals surface area contributed by atoms with E-state index in [9.17, 15) is 39.5 Å². The van der Waals surface area contributed by atoms with E-state index in [4.69, 9.17) is 0 Å². The quantitative estimate of drug-likeness (QED) is 0.502. The van der Waals surface area contributed by atoms with Gasteiger partial charge in [0.2, 0.25) is 0 Å². The van der Waals surface area contributed by atoms with Crippen molar-refractivity contribution in [1.82, 2.24) is 0 Å². The second-order valence-corrected chi connectivity index (χ2v) is 8.71. The van der Waals surface area contributed by atoms with Crippen molar-refractivity contribution in [3.05, 3.63) is 30.3 Å². The van der Waals surface area contributed by atoms with Crippen molar-refractivity contribution < 1.29 is 39.5 Å². The molecule has 1 aromatic carbocycles. The molecule has 22 heavy (non-hydrogen) atoms. The van der Waals surface area contributed by atoms with Gasteiger partial charge in [0.05, 0.1) is 0 Å². The zero-order valence-corrected chi connectivity index (χ0v) is 12.6. The van der Waals surface area contributed by atoms with E-state index < -0.39 is 43.2 Å². The summed E-state index contributed by atoms with van der Waals surface area (Å²) in [4.78, 5) is 0. The van der Waals surface area contributed by atoms with Crippen LogP contribution in [0.25, 0.3) is 0 Å². The molecule has 0 saturated heterocycles. The van der Waals surface area contributed by atoms with Gasteiger partial charge >= 0.3 is 123 Å². The van der Waals surface area contributed by atoms with Crippen molar-refractivity contribution in [1.29, 1.82) is 0 Å². The third-order valence-electron chi connectivity index (χ3n) is 2.75. The summed E-state index contributed by atoms with van der Waals surface area (Å²) in [6.45, 7) is 0. The van der Waals surface area contributed by atoms with Gasteiger partial charge in [-0.3, -0.25) is 0 Å². The maximum absolute atomic E-state index is 13.5. The van der Waals surface area contributed by atoms with Gasteiger partial charge in [0, 0.05) is 0 Å². The van der Waals surface area contributed by atoms with Crippen LogP contribution in [-0.2, 0) is 0 Å². The van der Waals surface area contributed by atoms with Gasteiger partial charge in [-0.1, -0.05) is 0 Å². The van der Waals surface area contributed by atoms with Crippen LogP contribution < -0.4 is 4.46 Å². The Morgan fingerprint density at radius 3 is 1.64 bits per heavy atom. The molecule has 1 aromatic rings. The Morgan fingerprint density at radius 1 is 0.773 bits per heavy atom. The molecule has 1 radical (unpaired) electrons. The van der Waals surface area contributed by atoms with Crippen molar-refractivity contribution in [3.8, 4) is 0 Å². The summed E-state index contributed by atoms with van der Waals surface area (Å²) in [7, 11) is 0. The molecular weight excluding hydrogens is 394 g/mol. The molecule has 0 amide bonds. The first-order valence-corrected chi connectivity index (χ1v) is 9.40. The van der Waals surface area contributed by atoms with E-state index in [0.29, 0.717) is 0 Å². The molecular formula is C12H10F9Se. The standard InChI is InChI=1S/C12H10F9Se/c1-22(8-5-3-2-4-6-8)7-9(13,14)10(15,16)11(17,18)12(19,20)21/h2-6H,7H2,1H3. The van der Waals surface area contributed by atoms with E-state index in [1.807, 2.05) is 0 Å². The van der Waals surface area contributed by atoms with Crippen LogP contribution in [-0.4, -0.2) is 37.8 Å². The summed E-state index contributed by atoms with van der Waals surface area (Å²) in [5, 5.41) is -1.73. The van der Waals surface area contributed by atoms with Gasteiger partial charge in [-0.05, 0) is 0 Å². The number of hydrogen-bond donors (Lipinski definition) is 0. The average Bonchev–Trinajstić information content (AvgIpc) is 2.37. The van der Waals surface area contributed by atoms with Crippen molar-refractivity contribution in [3.63, 3.8) is 0 Å². The van der Waals surface area contributed by atoms with E-state index in [-0.39, 0.29) is 4.46 Å². The maximum atomic E-state index is 13.5. The summed E-state index contributed by atoms with van der Waals surface area (Å²) < 4.78 is 115. The van der Waals surface area contributed by atoms with Crippen molar-refractivity contribution in [2.45, 2.75) is 35.1 Å². The van der Waals surface area contributed by atoms with Gasteiger partial charge in [0.25, 0.3) is 0 Å². The van der Waals surface area contributed by atoms with Crippen molar-refractivity contribution in [2.75, 3.05) is 0 Å². The molecule has 1 rings (SSSR count). The number of hydrogen-bond acceptors (Lipinski definition) is 0. The van der Waals surface area contributed by atoms with Gasteiger partial charge in [-0.2, -0.15) is 0 Å². The van der Waals surface area contributed by atoms with Gasteiger partial charge in [0.15, 0.2) is 0 Å². The van der Waals surface area contributed by atoms with Gasteiger partial charge < -0.3 is 0 Å². The first-order chi connectivity index (χ1) is 9.74. The van der Waals surface area contributed by atoms with Crippen LogP contribution in [0, 0.1) is 0 Å². The zero-order chi connectivity index (χ0) is 17.4. The van der Waals surface area contributed by atoms with Gasteiger partial charge in [-0.15, -0.1) is 0 Å². The van der Waals surface area contributed by atoms with Crippen LogP contribution in [0.2, 0.25) is 11.1 Å². The summed E-state index contributed by atoms with van der Waals surface area (Å²) in [5.74, 6) is -17.7. The number of benzene rings is 1. The van der Waals surface area contributed by atoms with E-state index >= 15 is 0 Å². The molecule has 10 heteroatoms. The fourth-order valence-electron chi connectivity index (χ4n) is 1.51. The number of halogens is 9. The van der Waals surface area contributed by atoms with E-state index in [2.05, 4.69) is 0 Å². The fourth-order valence-corrected chi connectivity index (χ4v) is 4.68. The van der Waals surface area contributed by atoms with Crippen molar-refractivity contribution in [2.24, 2.45) is 0 Å². The third-order valence-corrected chi connectivity index (χ3v) is 6.68. The summed E-state index contributed by atoms with van der Waals surface area (Å²) in [5.41, 5.74) is 0. The molecule has 0 aliphatic heterocycles. The van der Waals surface area contributed by atoms with Gasteiger partial charge in [0.1, 0.15) is 0 Å². The van der Waals surface area contributed by atoms with Crippen molar-refractivity contribution >= 4 is 18.4 Å². The molecule has 0 aromatic heterocycles. The fraction of sp³-hybridized carbons (Fsp3) is 0.500. The molecule has 0 heterocycles. The second kappa shape index (κ2) is 5.96. The predicted molar refractivity (Wildman–Crippen MR) is 63.4 cm³/mol. The minimum atomic E-state index is -6.81. The molecule has 0 N–H and O–H groups in total.